The minimum atomic E-state index is -0.102. The molecule has 1 N–H and O–H groups in total. The van der Waals surface area contributed by atoms with E-state index >= 15 is 0 Å². The molecule has 0 aliphatic rings. The van der Waals surface area contributed by atoms with Crippen LogP contribution in [0.15, 0.2) is 11.8 Å². The Bertz CT molecular complexity index is 118. The van der Waals surface area contributed by atoms with Crippen LogP contribution in [0.5, 0.6) is 0 Å². The first-order valence-corrected chi connectivity index (χ1v) is 1.99. The van der Waals surface area contributed by atoms with E-state index in [1.807, 2.05) is 0 Å². The predicted octanol–water partition coefficient (Wildman–Crippen LogP) is 1.04. The highest BCUT2D eigenvalue weighted by Gasteiger charge is 1.82. The van der Waals surface area contributed by atoms with Gasteiger partial charge in [0.2, 0.25) is 0 Å². The third-order valence-corrected chi connectivity index (χ3v) is 0.407. The van der Waals surface area contributed by atoms with E-state index in [0.29, 0.717) is 5.76 Å². The van der Waals surface area contributed by atoms with Gasteiger partial charge >= 0.3 is 0 Å². The molecule has 0 bridgehead atoms. The van der Waals surface area contributed by atoms with Crippen molar-refractivity contribution in [2.75, 3.05) is 0 Å². The van der Waals surface area contributed by atoms with Gasteiger partial charge < -0.3 is 5.11 Å². The fourth-order valence-corrected chi connectivity index (χ4v) is 0.286. The van der Waals surface area contributed by atoms with Gasteiger partial charge in [0.1, 0.15) is 0 Å². The monoisotopic (exact) mass is 101 g/mol. The van der Waals surface area contributed by atoms with Gasteiger partial charge in [0.15, 0.2) is 5.78 Å². The molecule has 0 aromatic carbocycles. The van der Waals surface area contributed by atoms with Gasteiger partial charge in [0, 0.05) is 6.08 Å². The maximum absolute atomic E-state index is 10.2. The molecule has 0 aromatic heterocycles. The number of hydrogen-bond acceptors (Lipinski definition) is 2. The van der Waals surface area contributed by atoms with Gasteiger partial charge in [-0.05, 0) is 13.8 Å². The zero-order valence-corrected chi connectivity index (χ0v) is 4.39. The molecule has 0 radical (unpaired) electrons. The number of hydrogen-bond donors (Lipinski definition) is 1. The highest BCUT2D eigenvalue weighted by atomic mass is 16.3. The molecule has 0 saturated heterocycles. The van der Waals surface area contributed by atoms with E-state index in [0.717, 1.165) is 0 Å². The molecule has 0 atom stereocenters. The van der Waals surface area contributed by atoms with Crippen LogP contribution < -0.4 is 0 Å². The highest BCUT2D eigenvalue weighted by molar-refractivity contribution is 5.87. The molecule has 0 heterocycles. The van der Waals surface area contributed by atoms with Crippen LogP contribution in [0.1, 0.15) is 13.8 Å². The normalized spacial score (nSPS) is 12.9. The molecule has 0 saturated carbocycles. The van der Waals surface area contributed by atoms with E-state index in [1.165, 1.54) is 13.0 Å². The van der Waals surface area contributed by atoms with Crippen LogP contribution in [0.2, 0.25) is 0 Å². The standard InChI is InChI=1S/C5H8O2/c1-4(6)3-5(2)7/h3,6H,1-2H3/b4-3-/i/hD. The van der Waals surface area contributed by atoms with E-state index in [4.69, 9.17) is 1.43 Å². The van der Waals surface area contributed by atoms with Crippen molar-refractivity contribution in [3.05, 3.63) is 11.8 Å². The Morgan fingerprint density at radius 2 is 2.43 bits per heavy atom. The number of ketones is 1. The molecule has 40 valence electrons. The topological polar surface area (TPSA) is 37.3 Å². The van der Waals surface area contributed by atoms with Gasteiger partial charge in [-0.15, -0.1) is 0 Å². The number of aliphatic hydroxyl groups excluding tert-OH is 1. The molecule has 0 amide bonds. The van der Waals surface area contributed by atoms with Gasteiger partial charge in [0.05, 0.1) is 5.76 Å². The summed E-state index contributed by atoms with van der Waals surface area (Å²) in [6.45, 7) is 2.96. The van der Waals surface area contributed by atoms with E-state index < -0.39 is 0 Å². The largest absolute Gasteiger partial charge is 0.512 e. The van der Waals surface area contributed by atoms with Crippen LogP contribution in [0.25, 0.3) is 1.43 Å². The SMILES string of the molecule is [2H]O/C(C)=C\C(C)=O. The zero-order chi connectivity index (χ0) is 6.57. The summed E-state index contributed by atoms with van der Waals surface area (Å²) in [7, 11) is 0. The van der Waals surface area contributed by atoms with Crippen LogP contribution in [0, 0.1) is 0 Å². The smallest absolute Gasteiger partial charge is 0.293 e. The van der Waals surface area contributed by atoms with E-state index in [2.05, 4.69) is 5.11 Å². The summed E-state index contributed by atoms with van der Waals surface area (Å²) in [6, 6.07) is 0. The highest BCUT2D eigenvalue weighted by Crippen LogP contribution is 1.82. The molecule has 0 spiro atoms. The van der Waals surface area contributed by atoms with Crippen molar-refractivity contribution in [3.63, 3.8) is 0 Å². The van der Waals surface area contributed by atoms with Crippen LogP contribution in [0.3, 0.4) is 0 Å². The fourth-order valence-electron chi connectivity index (χ4n) is 0.286. The second kappa shape index (κ2) is 2.39. The van der Waals surface area contributed by atoms with Gasteiger partial charge in [-0.25, -0.2) is 0 Å². The first-order chi connectivity index (χ1) is 3.66. The van der Waals surface area contributed by atoms with Crippen molar-refractivity contribution in [1.82, 2.24) is 0 Å². The summed E-state index contributed by atoms with van der Waals surface area (Å²) in [5, 5.41) is 3.95. The number of carbonyl (C=O) groups excluding carboxylic acids is 1. The van der Waals surface area contributed by atoms with Crippen molar-refractivity contribution >= 4 is 5.78 Å². The molecule has 0 fully saturated rings. The lowest BCUT2D eigenvalue weighted by Crippen LogP contribution is -1.82. The van der Waals surface area contributed by atoms with Crippen molar-refractivity contribution in [1.29, 1.82) is 1.43 Å². The van der Waals surface area contributed by atoms with Crippen molar-refractivity contribution in [2.24, 2.45) is 0 Å². The van der Waals surface area contributed by atoms with Crippen LogP contribution >= 0.6 is 0 Å². The fraction of sp³-hybridized carbons (Fsp3) is 0.400. The molecule has 7 heavy (non-hydrogen) atoms. The van der Waals surface area contributed by atoms with E-state index in [9.17, 15) is 4.79 Å². The first kappa shape index (κ1) is 4.37. The van der Waals surface area contributed by atoms with Crippen LogP contribution in [-0.4, -0.2) is 10.9 Å². The lowest BCUT2D eigenvalue weighted by molar-refractivity contribution is -0.112. The van der Waals surface area contributed by atoms with Gasteiger partial charge in [0.25, 0.3) is 1.43 Å². The third kappa shape index (κ3) is 5.21. The summed E-state index contributed by atoms with van der Waals surface area (Å²) in [5.41, 5.74) is 0. The summed E-state index contributed by atoms with van der Waals surface area (Å²) in [5.74, 6) is 0.215. The maximum Gasteiger partial charge on any atom is 0.293 e. The first-order valence-electron chi connectivity index (χ1n) is 2.39. The molecule has 0 aliphatic carbocycles. The van der Waals surface area contributed by atoms with Crippen molar-refractivity contribution in [3.8, 4) is 0 Å². The lowest BCUT2D eigenvalue weighted by atomic mass is 10.4. The summed E-state index contributed by atoms with van der Waals surface area (Å²) >= 11 is 0. The Kier molecular flexibility index (Phi) is 1.50. The van der Waals surface area contributed by atoms with Crippen LogP contribution in [0.4, 0.5) is 0 Å². The Morgan fingerprint density at radius 1 is 1.86 bits per heavy atom. The molecule has 2 heteroatoms. The Hall–Kier alpha value is -0.790. The molecule has 0 rings (SSSR count). The number of allylic oxidation sites excluding steroid dienone is 2. The Balaban J connectivity index is 3.75. The van der Waals surface area contributed by atoms with Crippen molar-refractivity contribution in [2.45, 2.75) is 13.8 Å². The number of carbonyl (C=O) groups is 1. The van der Waals surface area contributed by atoms with Gasteiger partial charge in [-0.1, -0.05) is 0 Å². The molecule has 2 nitrogen and oxygen atoms in total. The second-order valence-electron chi connectivity index (χ2n) is 1.37. The Labute approximate surface area is 44.0 Å². The predicted molar refractivity (Wildman–Crippen MR) is 27.1 cm³/mol. The maximum atomic E-state index is 10.2. The minimum absolute atomic E-state index is 0.102. The molecule has 0 aromatic rings. The summed E-state index contributed by atoms with van der Waals surface area (Å²) in [6.07, 6.45) is 1.26. The second-order valence-corrected chi connectivity index (χ2v) is 1.37. The Morgan fingerprint density at radius 3 is 2.57 bits per heavy atom. The average Bonchev–Trinajstić information content (AvgIpc) is 1.65. The molecular formula is C5H8O2. The van der Waals surface area contributed by atoms with Crippen LogP contribution in [-0.2, 0) is 4.79 Å². The zero-order valence-electron chi connectivity index (χ0n) is 5.39. The summed E-state index contributed by atoms with van der Waals surface area (Å²) < 4.78 is 6.28. The quantitative estimate of drug-likeness (QED) is 0.416. The third-order valence-electron chi connectivity index (χ3n) is 0.407. The van der Waals surface area contributed by atoms with Gasteiger partial charge in [-0.3, -0.25) is 4.79 Å². The molecule has 0 aliphatic heterocycles. The number of rotatable bonds is 2. The van der Waals surface area contributed by atoms with Crippen molar-refractivity contribution < 1.29 is 9.90 Å². The summed E-state index contributed by atoms with van der Waals surface area (Å²) in [4.78, 5) is 10.2. The lowest BCUT2D eigenvalue weighted by Gasteiger charge is -1.80. The average molecular weight is 101 g/mol. The van der Waals surface area contributed by atoms with E-state index in [1.54, 1.807) is 6.92 Å². The van der Waals surface area contributed by atoms with E-state index in [-0.39, 0.29) is 5.78 Å². The minimum Gasteiger partial charge on any atom is -0.512 e. The molecular weight excluding hydrogens is 92.1 g/mol. The number of aliphatic hydroxyl groups is 1. The van der Waals surface area contributed by atoms with Gasteiger partial charge in [-0.2, -0.15) is 0 Å². The molecule has 0 unspecified atom stereocenters.